The number of amides is 2. The second-order valence-electron chi connectivity index (χ2n) is 6.86. The van der Waals surface area contributed by atoms with Crippen molar-refractivity contribution in [3.05, 3.63) is 29.6 Å². The van der Waals surface area contributed by atoms with Gasteiger partial charge >= 0.3 is 0 Å². The van der Waals surface area contributed by atoms with Gasteiger partial charge in [0.2, 0.25) is 11.8 Å². The Labute approximate surface area is 143 Å². The van der Waals surface area contributed by atoms with E-state index in [4.69, 9.17) is 0 Å². The topological polar surface area (TPSA) is 65.5 Å². The summed E-state index contributed by atoms with van der Waals surface area (Å²) >= 11 is 0. The van der Waals surface area contributed by atoms with Crippen LogP contribution in [0.25, 0.3) is 0 Å². The molecule has 1 aliphatic heterocycles. The lowest BCUT2D eigenvalue weighted by molar-refractivity contribution is -0.133. The van der Waals surface area contributed by atoms with Crippen LogP contribution in [0.5, 0.6) is 0 Å². The Morgan fingerprint density at radius 3 is 2.54 bits per heavy atom. The van der Waals surface area contributed by atoms with Crippen molar-refractivity contribution in [3.8, 4) is 0 Å². The molecule has 3 rings (SSSR count). The number of hydrogen-bond donors (Lipinski definition) is 1. The molecule has 0 spiro atoms. The van der Waals surface area contributed by atoms with Crippen LogP contribution in [0.15, 0.2) is 18.3 Å². The minimum Gasteiger partial charge on any atom is -0.352 e. The second kappa shape index (κ2) is 7.30. The fourth-order valence-electron chi connectivity index (χ4n) is 2.96. The first-order chi connectivity index (χ1) is 11.5. The van der Waals surface area contributed by atoms with Crippen LogP contribution in [0.1, 0.15) is 31.0 Å². The highest BCUT2D eigenvalue weighted by molar-refractivity contribution is 5.82. The first kappa shape index (κ1) is 16.9. The fourth-order valence-corrected chi connectivity index (χ4v) is 2.96. The van der Waals surface area contributed by atoms with Gasteiger partial charge in [-0.15, -0.1) is 0 Å². The highest BCUT2D eigenvalue weighted by Gasteiger charge is 2.30. The highest BCUT2D eigenvalue weighted by Crippen LogP contribution is 2.19. The van der Waals surface area contributed by atoms with E-state index in [-0.39, 0.29) is 17.9 Å². The van der Waals surface area contributed by atoms with Crippen molar-refractivity contribution in [3.63, 3.8) is 0 Å². The molecule has 0 radical (unpaired) electrons. The molecule has 2 amide bonds. The van der Waals surface area contributed by atoms with Crippen molar-refractivity contribution in [2.24, 2.45) is 0 Å². The van der Waals surface area contributed by atoms with Crippen LogP contribution >= 0.6 is 0 Å². The van der Waals surface area contributed by atoms with Gasteiger partial charge in [0.25, 0.3) is 0 Å². The maximum absolute atomic E-state index is 12.4. The molecule has 1 aromatic rings. The summed E-state index contributed by atoms with van der Waals surface area (Å²) in [6.07, 6.45) is 4.38. The smallest absolute Gasteiger partial charge is 0.237 e. The second-order valence-corrected chi connectivity index (χ2v) is 6.86. The Kier molecular flexibility index (Phi) is 5.14. The average Bonchev–Trinajstić information content (AvgIpc) is 3.40. The highest BCUT2D eigenvalue weighted by atomic mass is 16.2. The summed E-state index contributed by atoms with van der Waals surface area (Å²) in [5, 5.41) is 3.05. The first-order valence-corrected chi connectivity index (χ1v) is 8.76. The van der Waals surface area contributed by atoms with Gasteiger partial charge in [-0.05, 0) is 38.3 Å². The molecule has 130 valence electrons. The normalized spacial score (nSPS) is 19.8. The molecule has 1 aliphatic carbocycles. The third-order valence-electron chi connectivity index (χ3n) is 4.85. The van der Waals surface area contributed by atoms with E-state index in [1.54, 1.807) is 6.20 Å². The fraction of sp³-hybridized carbons (Fsp3) is 0.611. The van der Waals surface area contributed by atoms with Crippen molar-refractivity contribution in [1.29, 1.82) is 0 Å². The van der Waals surface area contributed by atoms with E-state index in [0.717, 1.165) is 37.2 Å². The van der Waals surface area contributed by atoms with Crippen LogP contribution in [0, 0.1) is 6.92 Å². The largest absolute Gasteiger partial charge is 0.352 e. The SMILES string of the molecule is Cc1ccc(CC(=O)N2CCN([C@@H](C)C(=O)NC3CC3)CC2)cn1. The Bertz CT molecular complexity index is 590. The van der Waals surface area contributed by atoms with Crippen LogP contribution in [0.3, 0.4) is 0 Å². The quantitative estimate of drug-likeness (QED) is 0.865. The van der Waals surface area contributed by atoms with E-state index in [2.05, 4.69) is 15.2 Å². The lowest BCUT2D eigenvalue weighted by atomic mass is 10.1. The molecular weight excluding hydrogens is 304 g/mol. The van der Waals surface area contributed by atoms with Gasteiger partial charge in [-0.3, -0.25) is 19.5 Å². The maximum atomic E-state index is 12.4. The molecule has 2 heterocycles. The first-order valence-electron chi connectivity index (χ1n) is 8.76. The monoisotopic (exact) mass is 330 g/mol. The van der Waals surface area contributed by atoms with Crippen LogP contribution in [0.2, 0.25) is 0 Å². The summed E-state index contributed by atoms with van der Waals surface area (Å²) in [6, 6.07) is 4.16. The molecule has 1 saturated heterocycles. The molecule has 6 nitrogen and oxygen atoms in total. The number of nitrogens with zero attached hydrogens (tertiary/aromatic N) is 3. The van der Waals surface area contributed by atoms with Crippen LogP contribution in [-0.4, -0.2) is 64.9 Å². The van der Waals surface area contributed by atoms with Crippen LogP contribution < -0.4 is 5.32 Å². The van der Waals surface area contributed by atoms with E-state index >= 15 is 0 Å². The third kappa shape index (κ3) is 4.32. The molecule has 1 saturated carbocycles. The van der Waals surface area contributed by atoms with E-state index < -0.39 is 0 Å². The molecule has 0 aromatic carbocycles. The van der Waals surface area contributed by atoms with E-state index in [0.29, 0.717) is 25.6 Å². The predicted octanol–water partition coefficient (Wildman–Crippen LogP) is 0.744. The van der Waals surface area contributed by atoms with E-state index in [9.17, 15) is 9.59 Å². The van der Waals surface area contributed by atoms with Gasteiger partial charge in [0.05, 0.1) is 12.5 Å². The number of nitrogens with one attached hydrogen (secondary N) is 1. The Morgan fingerprint density at radius 2 is 1.96 bits per heavy atom. The molecule has 0 bridgehead atoms. The van der Waals surface area contributed by atoms with Crippen molar-refractivity contribution < 1.29 is 9.59 Å². The lowest BCUT2D eigenvalue weighted by Crippen LogP contribution is -2.55. The average molecular weight is 330 g/mol. The number of carbonyl (C=O) groups excluding carboxylic acids is 2. The minimum atomic E-state index is -0.121. The zero-order valence-corrected chi connectivity index (χ0v) is 14.5. The molecule has 0 unspecified atom stereocenters. The summed E-state index contributed by atoms with van der Waals surface area (Å²) in [5.41, 5.74) is 1.91. The molecule has 24 heavy (non-hydrogen) atoms. The van der Waals surface area contributed by atoms with Crippen LogP contribution in [0.4, 0.5) is 0 Å². The van der Waals surface area contributed by atoms with Gasteiger partial charge in [0.15, 0.2) is 0 Å². The number of piperazine rings is 1. The van der Waals surface area contributed by atoms with Crippen molar-refractivity contribution in [2.75, 3.05) is 26.2 Å². The van der Waals surface area contributed by atoms with Gasteiger partial charge in [0, 0.05) is 44.1 Å². The van der Waals surface area contributed by atoms with Crippen LogP contribution in [-0.2, 0) is 16.0 Å². The number of pyridine rings is 1. The number of aryl methyl sites for hydroxylation is 1. The van der Waals surface area contributed by atoms with Crippen molar-refractivity contribution in [2.45, 2.75) is 45.2 Å². The Balaban J connectivity index is 1.46. The number of aromatic nitrogens is 1. The summed E-state index contributed by atoms with van der Waals surface area (Å²) < 4.78 is 0. The van der Waals surface area contributed by atoms with Gasteiger partial charge in [0.1, 0.15) is 0 Å². The van der Waals surface area contributed by atoms with Crippen molar-refractivity contribution in [1.82, 2.24) is 20.1 Å². The standard InChI is InChI=1S/C18H26N4O2/c1-13-3-4-15(12-19-13)11-17(23)22-9-7-21(8-10-22)14(2)18(24)20-16-5-6-16/h3-4,12,14,16H,5-11H2,1-2H3,(H,20,24)/t14-/m0/s1. The van der Waals surface area contributed by atoms with Crippen molar-refractivity contribution >= 4 is 11.8 Å². The summed E-state index contributed by atoms with van der Waals surface area (Å²) in [6.45, 7) is 6.74. The molecule has 2 fully saturated rings. The lowest BCUT2D eigenvalue weighted by Gasteiger charge is -2.37. The predicted molar refractivity (Wildman–Crippen MR) is 91.5 cm³/mol. The summed E-state index contributed by atoms with van der Waals surface area (Å²) in [7, 11) is 0. The van der Waals surface area contributed by atoms with Gasteiger partial charge in [-0.25, -0.2) is 0 Å². The maximum Gasteiger partial charge on any atom is 0.237 e. The summed E-state index contributed by atoms with van der Waals surface area (Å²) in [5.74, 6) is 0.249. The zero-order chi connectivity index (χ0) is 17.1. The van der Waals surface area contributed by atoms with E-state index in [1.165, 1.54) is 0 Å². The van der Waals surface area contributed by atoms with Gasteiger partial charge in [-0.1, -0.05) is 6.07 Å². The van der Waals surface area contributed by atoms with Gasteiger partial charge in [-0.2, -0.15) is 0 Å². The number of carbonyl (C=O) groups is 2. The zero-order valence-electron chi connectivity index (χ0n) is 14.5. The summed E-state index contributed by atoms with van der Waals surface area (Å²) in [4.78, 5) is 32.8. The molecule has 1 aromatic heterocycles. The molecule has 1 atom stereocenters. The molecule has 1 N–H and O–H groups in total. The van der Waals surface area contributed by atoms with E-state index in [1.807, 2.05) is 30.9 Å². The molecular formula is C18H26N4O2. The third-order valence-corrected chi connectivity index (χ3v) is 4.85. The number of hydrogen-bond acceptors (Lipinski definition) is 4. The molecule has 2 aliphatic rings. The molecule has 6 heteroatoms. The minimum absolute atomic E-state index is 0.114. The number of rotatable bonds is 5. The Hall–Kier alpha value is -1.95. The van der Waals surface area contributed by atoms with Gasteiger partial charge < -0.3 is 10.2 Å². The Morgan fingerprint density at radius 1 is 1.25 bits per heavy atom.